The number of benzene rings is 2. The average molecular weight is 408 g/mol. The molecule has 1 fully saturated rings. The van der Waals surface area contributed by atoms with Crippen molar-refractivity contribution in [3.8, 4) is 0 Å². The van der Waals surface area contributed by atoms with Gasteiger partial charge in [0.05, 0.1) is 13.0 Å². The van der Waals surface area contributed by atoms with Crippen molar-refractivity contribution in [1.82, 2.24) is 9.80 Å². The molecule has 1 saturated heterocycles. The van der Waals surface area contributed by atoms with Crippen LogP contribution >= 0.6 is 0 Å². The topological polar surface area (TPSA) is 61.9 Å². The predicted molar refractivity (Wildman–Crippen MR) is 116 cm³/mol. The van der Waals surface area contributed by atoms with E-state index in [-0.39, 0.29) is 17.9 Å². The Bertz CT molecular complexity index is 892. The fourth-order valence-electron chi connectivity index (χ4n) is 4.31. The zero-order valence-corrected chi connectivity index (χ0v) is 17.5. The van der Waals surface area contributed by atoms with E-state index in [1.165, 1.54) is 5.56 Å². The highest BCUT2D eigenvalue weighted by atomic mass is 16.5. The molecule has 4 rings (SSSR count). The monoisotopic (exact) mass is 407 g/mol. The van der Waals surface area contributed by atoms with E-state index in [1.54, 1.807) is 0 Å². The van der Waals surface area contributed by atoms with Crippen molar-refractivity contribution >= 4 is 17.6 Å². The summed E-state index contributed by atoms with van der Waals surface area (Å²) in [6.07, 6.45) is 1.00. The van der Waals surface area contributed by atoms with E-state index in [0.717, 1.165) is 49.5 Å². The molecule has 1 atom stereocenters. The Balaban J connectivity index is 1.41. The summed E-state index contributed by atoms with van der Waals surface area (Å²) < 4.78 is 5.40. The number of piperazine rings is 1. The Morgan fingerprint density at radius 3 is 2.57 bits per heavy atom. The van der Waals surface area contributed by atoms with E-state index in [0.29, 0.717) is 19.4 Å². The third-order valence-corrected chi connectivity index (χ3v) is 5.88. The van der Waals surface area contributed by atoms with Gasteiger partial charge in [0.15, 0.2) is 0 Å². The van der Waals surface area contributed by atoms with Crippen LogP contribution in [0.25, 0.3) is 0 Å². The maximum atomic E-state index is 12.8. The molecule has 0 bridgehead atoms. The number of ether oxygens (including phenoxy) is 1. The fourth-order valence-corrected chi connectivity index (χ4v) is 4.31. The molecule has 6 nitrogen and oxygen atoms in total. The highest BCUT2D eigenvalue weighted by molar-refractivity contribution is 5.99. The molecular formula is C24H29N3O3. The van der Waals surface area contributed by atoms with Crippen LogP contribution in [0.3, 0.4) is 0 Å². The lowest BCUT2D eigenvalue weighted by atomic mass is 10.0. The minimum atomic E-state index is -0.299. The van der Waals surface area contributed by atoms with Crippen LogP contribution in [-0.2, 0) is 33.7 Å². The zero-order chi connectivity index (χ0) is 20.9. The molecule has 0 spiro atoms. The molecule has 2 aliphatic heterocycles. The zero-order valence-electron chi connectivity index (χ0n) is 17.5. The van der Waals surface area contributed by atoms with Gasteiger partial charge in [-0.2, -0.15) is 0 Å². The van der Waals surface area contributed by atoms with E-state index in [9.17, 15) is 9.59 Å². The van der Waals surface area contributed by atoms with Gasteiger partial charge >= 0.3 is 5.97 Å². The van der Waals surface area contributed by atoms with Crippen LogP contribution < -0.4 is 5.32 Å². The molecule has 30 heavy (non-hydrogen) atoms. The van der Waals surface area contributed by atoms with Gasteiger partial charge in [0.25, 0.3) is 0 Å². The van der Waals surface area contributed by atoms with Gasteiger partial charge in [-0.3, -0.25) is 19.4 Å². The molecule has 6 heteroatoms. The molecular weight excluding hydrogens is 378 g/mol. The summed E-state index contributed by atoms with van der Waals surface area (Å²) in [4.78, 5) is 29.1. The predicted octanol–water partition coefficient (Wildman–Crippen LogP) is 2.47. The Morgan fingerprint density at radius 1 is 1.07 bits per heavy atom. The third kappa shape index (κ3) is 4.89. The van der Waals surface area contributed by atoms with E-state index in [1.807, 2.05) is 31.2 Å². The fraction of sp³-hybridized carbons (Fsp3) is 0.417. The van der Waals surface area contributed by atoms with Gasteiger partial charge in [-0.05, 0) is 36.1 Å². The molecule has 0 aromatic heterocycles. The first-order chi connectivity index (χ1) is 14.6. The molecule has 2 heterocycles. The second-order valence-corrected chi connectivity index (χ2v) is 7.99. The number of hydrogen-bond donors (Lipinski definition) is 1. The molecule has 1 unspecified atom stereocenters. The summed E-state index contributed by atoms with van der Waals surface area (Å²) in [7, 11) is 0. The smallest absolute Gasteiger partial charge is 0.323 e. The van der Waals surface area contributed by atoms with E-state index in [4.69, 9.17) is 4.74 Å². The Hall–Kier alpha value is -2.70. The van der Waals surface area contributed by atoms with E-state index < -0.39 is 0 Å². The number of carbonyl (C=O) groups is 2. The Labute approximate surface area is 177 Å². The number of esters is 1. The van der Waals surface area contributed by atoms with Crippen LogP contribution in [0.2, 0.25) is 0 Å². The van der Waals surface area contributed by atoms with Gasteiger partial charge in [0, 0.05) is 38.4 Å². The standard InChI is InChI=1S/C24H29N3O3/c1-2-30-24(29)22(15-19-8-9-21-20(14-19)16-23(28)25-21)27-12-10-26(11-13-27)17-18-6-4-3-5-7-18/h3-9,14,22H,2,10-13,15-17H2,1H3,(H,25,28). The number of fused-ring (bicyclic) bond motifs is 1. The SMILES string of the molecule is CCOC(=O)C(Cc1ccc2c(c1)CC(=O)N2)N1CCN(Cc2ccccc2)CC1. The summed E-state index contributed by atoms with van der Waals surface area (Å²) in [6.45, 7) is 6.68. The first kappa shape index (κ1) is 20.6. The second kappa shape index (κ2) is 9.41. The molecule has 0 radical (unpaired) electrons. The van der Waals surface area contributed by atoms with Crippen molar-refractivity contribution in [2.45, 2.75) is 32.4 Å². The second-order valence-electron chi connectivity index (χ2n) is 7.99. The number of anilines is 1. The molecule has 0 saturated carbocycles. The van der Waals surface area contributed by atoms with Gasteiger partial charge in [0.1, 0.15) is 6.04 Å². The molecule has 0 aliphatic carbocycles. The lowest BCUT2D eigenvalue weighted by Gasteiger charge is -2.38. The summed E-state index contributed by atoms with van der Waals surface area (Å²) in [5.74, 6) is -0.137. The minimum Gasteiger partial charge on any atom is -0.465 e. The summed E-state index contributed by atoms with van der Waals surface area (Å²) >= 11 is 0. The van der Waals surface area contributed by atoms with E-state index in [2.05, 4.69) is 39.4 Å². The average Bonchev–Trinajstić information content (AvgIpc) is 3.13. The first-order valence-electron chi connectivity index (χ1n) is 10.7. The summed E-state index contributed by atoms with van der Waals surface area (Å²) in [5.41, 5.74) is 4.27. The molecule has 158 valence electrons. The molecule has 1 N–H and O–H groups in total. The number of nitrogens with zero attached hydrogens (tertiary/aromatic N) is 2. The molecule has 2 aromatic carbocycles. The van der Waals surface area contributed by atoms with Crippen molar-refractivity contribution in [2.75, 3.05) is 38.1 Å². The summed E-state index contributed by atoms with van der Waals surface area (Å²) in [5, 5.41) is 2.86. The van der Waals surface area contributed by atoms with Crippen molar-refractivity contribution in [3.63, 3.8) is 0 Å². The lowest BCUT2D eigenvalue weighted by Crippen LogP contribution is -2.53. The van der Waals surface area contributed by atoms with Crippen LogP contribution in [0.15, 0.2) is 48.5 Å². The van der Waals surface area contributed by atoms with Crippen molar-refractivity contribution in [2.24, 2.45) is 0 Å². The summed E-state index contributed by atoms with van der Waals surface area (Å²) in [6, 6.07) is 16.2. The van der Waals surface area contributed by atoms with Crippen LogP contribution in [-0.4, -0.2) is 60.5 Å². The maximum absolute atomic E-state index is 12.8. The first-order valence-corrected chi connectivity index (χ1v) is 10.7. The minimum absolute atomic E-state index is 0.0265. The number of hydrogen-bond acceptors (Lipinski definition) is 5. The van der Waals surface area contributed by atoms with Crippen molar-refractivity contribution < 1.29 is 14.3 Å². The highest BCUT2D eigenvalue weighted by Gasteiger charge is 2.31. The van der Waals surface area contributed by atoms with Crippen LogP contribution in [0.4, 0.5) is 5.69 Å². The van der Waals surface area contributed by atoms with Gasteiger partial charge in [-0.25, -0.2) is 0 Å². The van der Waals surface area contributed by atoms with Crippen LogP contribution in [0.5, 0.6) is 0 Å². The van der Waals surface area contributed by atoms with E-state index >= 15 is 0 Å². The van der Waals surface area contributed by atoms with Crippen molar-refractivity contribution in [3.05, 3.63) is 65.2 Å². The van der Waals surface area contributed by atoms with Crippen LogP contribution in [0, 0.1) is 0 Å². The van der Waals surface area contributed by atoms with Gasteiger partial charge in [0.2, 0.25) is 5.91 Å². The quantitative estimate of drug-likeness (QED) is 0.715. The molecule has 1 amide bonds. The molecule has 2 aliphatic rings. The third-order valence-electron chi connectivity index (χ3n) is 5.88. The van der Waals surface area contributed by atoms with Crippen LogP contribution in [0.1, 0.15) is 23.6 Å². The normalized spacial score (nSPS) is 18.0. The number of nitrogens with one attached hydrogen (secondary N) is 1. The van der Waals surface area contributed by atoms with Crippen molar-refractivity contribution in [1.29, 1.82) is 0 Å². The number of carbonyl (C=O) groups excluding carboxylic acids is 2. The highest BCUT2D eigenvalue weighted by Crippen LogP contribution is 2.25. The van der Waals surface area contributed by atoms with Gasteiger partial charge in [-0.1, -0.05) is 42.5 Å². The lowest BCUT2D eigenvalue weighted by molar-refractivity contribution is -0.150. The van der Waals surface area contributed by atoms with Gasteiger partial charge in [-0.15, -0.1) is 0 Å². The molecule has 2 aromatic rings. The Morgan fingerprint density at radius 2 is 1.83 bits per heavy atom. The Kier molecular flexibility index (Phi) is 6.45. The van der Waals surface area contributed by atoms with Gasteiger partial charge < -0.3 is 10.1 Å². The maximum Gasteiger partial charge on any atom is 0.323 e. The largest absolute Gasteiger partial charge is 0.465 e. The number of amides is 1. The number of rotatable bonds is 7.